The molecule has 0 aliphatic rings. The summed E-state index contributed by atoms with van der Waals surface area (Å²) >= 11 is 0. The van der Waals surface area contributed by atoms with E-state index in [1.807, 2.05) is 19.1 Å². The first-order valence-corrected chi connectivity index (χ1v) is 5.93. The quantitative estimate of drug-likeness (QED) is 0.644. The molecule has 0 aromatic heterocycles. The zero-order chi connectivity index (χ0) is 13.4. The van der Waals surface area contributed by atoms with Gasteiger partial charge in [0.05, 0.1) is 6.61 Å². The Morgan fingerprint density at radius 2 is 2.06 bits per heavy atom. The van der Waals surface area contributed by atoms with Crippen LogP contribution >= 0.6 is 0 Å². The molecule has 0 fully saturated rings. The van der Waals surface area contributed by atoms with E-state index in [9.17, 15) is 4.79 Å². The van der Waals surface area contributed by atoms with E-state index in [2.05, 4.69) is 5.32 Å². The number of benzene rings is 1. The van der Waals surface area contributed by atoms with Crippen LogP contribution in [0.5, 0.6) is 5.75 Å². The number of carbonyl (C=O) groups is 1. The second kappa shape index (κ2) is 7.68. The highest BCUT2D eigenvalue weighted by atomic mass is 16.5. The number of carboxylic acid groups (broad SMARTS) is 1. The molecule has 5 nitrogen and oxygen atoms in total. The number of nitrogens with one attached hydrogen (secondary N) is 1. The van der Waals surface area contributed by atoms with Crippen LogP contribution in [0.4, 0.5) is 0 Å². The molecule has 0 spiro atoms. The highest BCUT2D eigenvalue weighted by Crippen LogP contribution is 2.12. The van der Waals surface area contributed by atoms with Crippen molar-refractivity contribution in [1.82, 2.24) is 5.32 Å². The fraction of sp³-hybridized carbons (Fsp3) is 0.462. The first kappa shape index (κ1) is 14.5. The molecule has 0 heterocycles. The zero-order valence-corrected chi connectivity index (χ0v) is 10.4. The van der Waals surface area contributed by atoms with Gasteiger partial charge < -0.3 is 20.3 Å². The summed E-state index contributed by atoms with van der Waals surface area (Å²) in [6, 6.07) is 7.32. The lowest BCUT2D eigenvalue weighted by atomic mass is 10.2. The maximum atomic E-state index is 10.3. The average Bonchev–Trinajstić information content (AvgIpc) is 2.39. The molecule has 1 aromatic carbocycles. The molecule has 0 unspecified atom stereocenters. The average molecular weight is 253 g/mol. The monoisotopic (exact) mass is 253 g/mol. The SMILES string of the molecule is CC[C@@H](CO)NCc1ccc(OCC(=O)O)cc1. The predicted octanol–water partition coefficient (Wildman–Crippen LogP) is 1.01. The van der Waals surface area contributed by atoms with Crippen molar-refractivity contribution in [2.45, 2.75) is 25.9 Å². The minimum atomic E-state index is -0.991. The van der Waals surface area contributed by atoms with Gasteiger partial charge in [-0.25, -0.2) is 4.79 Å². The molecular formula is C13H19NO4. The number of rotatable bonds is 8. The molecule has 0 aliphatic heterocycles. The maximum absolute atomic E-state index is 10.3. The number of ether oxygens (including phenoxy) is 1. The van der Waals surface area contributed by atoms with Gasteiger partial charge in [-0.3, -0.25) is 0 Å². The Morgan fingerprint density at radius 3 is 2.56 bits per heavy atom. The lowest BCUT2D eigenvalue weighted by molar-refractivity contribution is -0.139. The molecule has 100 valence electrons. The van der Waals surface area contributed by atoms with E-state index in [4.69, 9.17) is 14.9 Å². The summed E-state index contributed by atoms with van der Waals surface area (Å²) in [6.45, 7) is 2.46. The Morgan fingerprint density at radius 1 is 1.39 bits per heavy atom. The Bertz CT molecular complexity index is 360. The highest BCUT2D eigenvalue weighted by molar-refractivity contribution is 5.68. The fourth-order valence-electron chi connectivity index (χ4n) is 1.45. The lowest BCUT2D eigenvalue weighted by Crippen LogP contribution is -2.31. The third-order valence-corrected chi connectivity index (χ3v) is 2.59. The molecule has 1 rings (SSSR count). The summed E-state index contributed by atoms with van der Waals surface area (Å²) in [5.74, 6) is -0.454. The topological polar surface area (TPSA) is 78.8 Å². The second-order valence-corrected chi connectivity index (χ2v) is 4.00. The van der Waals surface area contributed by atoms with Gasteiger partial charge in [0.25, 0.3) is 0 Å². The first-order chi connectivity index (χ1) is 8.65. The predicted molar refractivity (Wildman–Crippen MR) is 67.6 cm³/mol. The normalized spacial score (nSPS) is 12.1. The van der Waals surface area contributed by atoms with Crippen molar-refractivity contribution in [3.05, 3.63) is 29.8 Å². The fourth-order valence-corrected chi connectivity index (χ4v) is 1.45. The molecule has 0 bridgehead atoms. The largest absolute Gasteiger partial charge is 0.482 e. The molecule has 0 saturated carbocycles. The Kier molecular flexibility index (Phi) is 6.18. The lowest BCUT2D eigenvalue weighted by Gasteiger charge is -2.14. The molecular weight excluding hydrogens is 234 g/mol. The second-order valence-electron chi connectivity index (χ2n) is 4.00. The van der Waals surface area contributed by atoms with Gasteiger partial charge in [0.2, 0.25) is 0 Å². The van der Waals surface area contributed by atoms with Crippen LogP contribution < -0.4 is 10.1 Å². The minimum absolute atomic E-state index is 0.105. The van der Waals surface area contributed by atoms with Crippen LogP contribution in [0.3, 0.4) is 0 Å². The standard InChI is InChI=1S/C13H19NO4/c1-2-11(8-15)14-7-10-3-5-12(6-4-10)18-9-13(16)17/h3-6,11,14-15H,2,7-9H2,1H3,(H,16,17)/t11-/m0/s1. The van der Waals surface area contributed by atoms with Gasteiger partial charge in [-0.05, 0) is 24.1 Å². The summed E-state index contributed by atoms with van der Waals surface area (Å²) in [5, 5.41) is 20.7. The number of carboxylic acids is 1. The summed E-state index contributed by atoms with van der Waals surface area (Å²) in [4.78, 5) is 10.3. The van der Waals surface area contributed by atoms with Gasteiger partial charge in [0.1, 0.15) is 5.75 Å². The Hall–Kier alpha value is -1.59. The maximum Gasteiger partial charge on any atom is 0.341 e. The number of hydrogen-bond acceptors (Lipinski definition) is 4. The van der Waals surface area contributed by atoms with Gasteiger partial charge in [0.15, 0.2) is 6.61 Å². The van der Waals surface area contributed by atoms with Gasteiger partial charge >= 0.3 is 5.97 Å². The van der Waals surface area contributed by atoms with Gasteiger partial charge in [-0.15, -0.1) is 0 Å². The third-order valence-electron chi connectivity index (χ3n) is 2.59. The molecule has 3 N–H and O–H groups in total. The van der Waals surface area contributed by atoms with E-state index in [0.29, 0.717) is 12.3 Å². The number of aliphatic hydroxyl groups excluding tert-OH is 1. The van der Waals surface area contributed by atoms with E-state index < -0.39 is 5.97 Å². The van der Waals surface area contributed by atoms with Crippen LogP contribution in [0.15, 0.2) is 24.3 Å². The third kappa shape index (κ3) is 5.16. The smallest absolute Gasteiger partial charge is 0.341 e. The van der Waals surface area contributed by atoms with Crippen molar-refractivity contribution < 1.29 is 19.7 Å². The van der Waals surface area contributed by atoms with E-state index in [-0.39, 0.29) is 19.3 Å². The van der Waals surface area contributed by atoms with Crippen molar-refractivity contribution in [3.63, 3.8) is 0 Å². The summed E-state index contributed by atoms with van der Waals surface area (Å²) in [7, 11) is 0. The minimum Gasteiger partial charge on any atom is -0.482 e. The van der Waals surface area contributed by atoms with Crippen LogP contribution in [0, 0.1) is 0 Å². The highest BCUT2D eigenvalue weighted by Gasteiger charge is 2.04. The molecule has 0 amide bonds. The van der Waals surface area contributed by atoms with Crippen LogP contribution in [-0.2, 0) is 11.3 Å². The number of aliphatic carboxylic acids is 1. The van der Waals surface area contributed by atoms with Crippen LogP contribution in [0.1, 0.15) is 18.9 Å². The van der Waals surface area contributed by atoms with Gasteiger partial charge in [0, 0.05) is 12.6 Å². The van der Waals surface area contributed by atoms with E-state index in [1.54, 1.807) is 12.1 Å². The molecule has 1 aromatic rings. The summed E-state index contributed by atoms with van der Waals surface area (Å²) in [6.07, 6.45) is 0.871. The molecule has 5 heteroatoms. The Balaban J connectivity index is 2.42. The van der Waals surface area contributed by atoms with E-state index in [0.717, 1.165) is 12.0 Å². The Labute approximate surface area is 106 Å². The molecule has 0 radical (unpaired) electrons. The van der Waals surface area contributed by atoms with Gasteiger partial charge in [-0.2, -0.15) is 0 Å². The molecule has 18 heavy (non-hydrogen) atoms. The van der Waals surface area contributed by atoms with Crippen molar-refractivity contribution in [1.29, 1.82) is 0 Å². The zero-order valence-electron chi connectivity index (χ0n) is 10.4. The van der Waals surface area contributed by atoms with Crippen molar-refractivity contribution >= 4 is 5.97 Å². The molecule has 0 saturated heterocycles. The first-order valence-electron chi connectivity index (χ1n) is 5.93. The van der Waals surface area contributed by atoms with Crippen molar-refractivity contribution in [3.8, 4) is 5.75 Å². The van der Waals surface area contributed by atoms with Crippen LogP contribution in [0.2, 0.25) is 0 Å². The van der Waals surface area contributed by atoms with E-state index >= 15 is 0 Å². The number of aliphatic hydroxyl groups is 1. The van der Waals surface area contributed by atoms with E-state index in [1.165, 1.54) is 0 Å². The van der Waals surface area contributed by atoms with Crippen LogP contribution in [0.25, 0.3) is 0 Å². The van der Waals surface area contributed by atoms with Crippen LogP contribution in [-0.4, -0.2) is 35.4 Å². The van der Waals surface area contributed by atoms with Gasteiger partial charge in [-0.1, -0.05) is 19.1 Å². The summed E-state index contributed by atoms with van der Waals surface area (Å²) in [5.41, 5.74) is 1.06. The molecule has 0 aliphatic carbocycles. The van der Waals surface area contributed by atoms with Crippen molar-refractivity contribution in [2.75, 3.05) is 13.2 Å². The number of hydrogen-bond donors (Lipinski definition) is 3. The van der Waals surface area contributed by atoms with Crippen molar-refractivity contribution in [2.24, 2.45) is 0 Å². The summed E-state index contributed by atoms with van der Waals surface area (Å²) < 4.78 is 5.03. The molecule has 1 atom stereocenters.